The number of fused-ring (bicyclic) bond motifs is 1. The van der Waals surface area contributed by atoms with Crippen molar-refractivity contribution in [2.45, 2.75) is 45.5 Å². The van der Waals surface area contributed by atoms with Crippen LogP contribution in [0.25, 0.3) is 0 Å². The molecule has 2 aromatic carbocycles. The van der Waals surface area contributed by atoms with Crippen molar-refractivity contribution >= 4 is 23.4 Å². The molecule has 0 unspecified atom stereocenters. The van der Waals surface area contributed by atoms with E-state index in [1.807, 2.05) is 30.3 Å². The molecule has 1 fully saturated rings. The lowest BCUT2D eigenvalue weighted by atomic mass is 9.71. The average molecular weight is 627 g/mol. The van der Waals surface area contributed by atoms with E-state index in [-0.39, 0.29) is 44.3 Å². The van der Waals surface area contributed by atoms with Gasteiger partial charge in [0, 0.05) is 26.6 Å². The number of hydrogen-bond acceptors (Lipinski definition) is 5. The van der Waals surface area contributed by atoms with E-state index in [1.165, 1.54) is 30.8 Å². The molecule has 8 nitrogen and oxygen atoms in total. The highest BCUT2D eigenvalue weighted by Crippen LogP contribution is 2.41. The highest BCUT2D eigenvalue weighted by molar-refractivity contribution is 6.13. The number of hydrazone groups is 1. The first kappa shape index (κ1) is 32.8. The maximum atomic E-state index is 14.0. The number of piperidine rings is 1. The summed E-state index contributed by atoms with van der Waals surface area (Å²) in [5.41, 5.74) is 1.38. The van der Waals surface area contributed by atoms with Gasteiger partial charge in [-0.05, 0) is 36.6 Å². The highest BCUT2D eigenvalue weighted by atomic mass is 19.4. The zero-order chi connectivity index (χ0) is 32.7. The fraction of sp³-hybridized carbons (Fsp3) is 0.467. The summed E-state index contributed by atoms with van der Waals surface area (Å²) in [6.45, 7) is 2.48. The lowest BCUT2D eigenvalue weighted by Crippen LogP contribution is -2.58. The summed E-state index contributed by atoms with van der Waals surface area (Å²) in [6, 6.07) is 10.0. The topological polar surface area (TPSA) is 105 Å². The smallest absolute Gasteiger partial charge is 0.416 e. The molecule has 44 heavy (non-hydrogen) atoms. The Morgan fingerprint density at radius 3 is 2.16 bits per heavy atom. The lowest BCUT2D eigenvalue weighted by molar-refractivity contribution is -0.149. The third kappa shape index (κ3) is 6.53. The van der Waals surface area contributed by atoms with Crippen LogP contribution in [0.15, 0.2) is 53.6 Å². The van der Waals surface area contributed by atoms with Crippen molar-refractivity contribution in [1.82, 2.24) is 9.91 Å². The fourth-order valence-corrected chi connectivity index (χ4v) is 5.70. The first-order valence-electron chi connectivity index (χ1n) is 13.8. The predicted octanol–water partition coefficient (Wildman–Crippen LogP) is 4.91. The first-order chi connectivity index (χ1) is 20.4. The summed E-state index contributed by atoms with van der Waals surface area (Å²) in [7, 11) is 1.53. The summed E-state index contributed by atoms with van der Waals surface area (Å²) < 4.78 is 85.1. The standard InChI is InChI=1S/C30H32F6N4O4/c1-27(2,25(37)42)22(10-12-44-21-14-19(29(31,32)33)13-20(15-21)30(34,35)36)24(41)40-11-9-23-28(17-40,26(43)39(3)38-23)16-18-7-5-4-6-8-18/h4-8,13-15,22H,9-12,16-17H2,1-3H3,(H2,37,42)/t22-,28+/m0/s1. The van der Waals surface area contributed by atoms with Gasteiger partial charge in [-0.25, -0.2) is 5.01 Å². The Labute approximate surface area is 249 Å². The van der Waals surface area contributed by atoms with Gasteiger partial charge in [0.25, 0.3) is 5.91 Å². The normalized spacial score (nSPS) is 19.8. The number of ether oxygens (including phenoxy) is 1. The van der Waals surface area contributed by atoms with E-state index in [2.05, 4.69) is 5.10 Å². The van der Waals surface area contributed by atoms with Gasteiger partial charge >= 0.3 is 12.4 Å². The van der Waals surface area contributed by atoms with Crippen molar-refractivity contribution in [2.75, 3.05) is 26.7 Å². The number of halogens is 6. The predicted molar refractivity (Wildman–Crippen MR) is 147 cm³/mol. The molecule has 2 aliphatic heterocycles. The Kier molecular flexibility index (Phi) is 8.78. The summed E-state index contributed by atoms with van der Waals surface area (Å²) in [6.07, 6.45) is -9.85. The van der Waals surface area contributed by atoms with Gasteiger partial charge in [0.2, 0.25) is 11.8 Å². The number of carbonyl (C=O) groups is 3. The molecule has 0 aromatic heterocycles. The van der Waals surface area contributed by atoms with Crippen LogP contribution < -0.4 is 10.5 Å². The number of alkyl halides is 6. The van der Waals surface area contributed by atoms with Crippen LogP contribution in [0, 0.1) is 16.7 Å². The number of amides is 3. The van der Waals surface area contributed by atoms with Crippen LogP contribution >= 0.6 is 0 Å². The van der Waals surface area contributed by atoms with E-state index in [0.717, 1.165) is 5.56 Å². The van der Waals surface area contributed by atoms with Crippen molar-refractivity contribution < 1.29 is 45.5 Å². The molecule has 0 aliphatic carbocycles. The van der Waals surface area contributed by atoms with Crippen molar-refractivity contribution in [3.63, 3.8) is 0 Å². The highest BCUT2D eigenvalue weighted by Gasteiger charge is 2.54. The molecule has 0 bridgehead atoms. The van der Waals surface area contributed by atoms with E-state index in [4.69, 9.17) is 10.5 Å². The van der Waals surface area contributed by atoms with Crippen LogP contribution in [0.1, 0.15) is 43.4 Å². The summed E-state index contributed by atoms with van der Waals surface area (Å²) in [4.78, 5) is 41.4. The Balaban J connectivity index is 1.59. The van der Waals surface area contributed by atoms with E-state index >= 15 is 0 Å². The first-order valence-corrected chi connectivity index (χ1v) is 13.8. The van der Waals surface area contributed by atoms with E-state index in [1.54, 1.807) is 0 Å². The minimum atomic E-state index is -5.07. The number of likely N-dealkylation sites (tertiary alicyclic amines) is 1. The summed E-state index contributed by atoms with van der Waals surface area (Å²) >= 11 is 0. The summed E-state index contributed by atoms with van der Waals surface area (Å²) in [5.74, 6) is -3.56. The van der Waals surface area contributed by atoms with Gasteiger partial charge in [-0.3, -0.25) is 14.4 Å². The van der Waals surface area contributed by atoms with Gasteiger partial charge < -0.3 is 15.4 Å². The molecule has 1 saturated heterocycles. The van der Waals surface area contributed by atoms with E-state index in [9.17, 15) is 40.7 Å². The number of hydrogen-bond donors (Lipinski definition) is 1. The molecule has 2 N–H and O–H groups in total. The molecule has 2 aromatic rings. The Bertz CT molecular complexity index is 1430. The second-order valence-corrected chi connectivity index (χ2v) is 11.6. The number of primary amides is 1. The maximum absolute atomic E-state index is 14.0. The molecule has 0 spiro atoms. The number of carbonyl (C=O) groups excluding carboxylic acids is 3. The summed E-state index contributed by atoms with van der Waals surface area (Å²) in [5, 5.41) is 5.66. The third-order valence-corrected chi connectivity index (χ3v) is 8.31. The van der Waals surface area contributed by atoms with Gasteiger partial charge in [-0.2, -0.15) is 31.4 Å². The van der Waals surface area contributed by atoms with Crippen LogP contribution in [-0.4, -0.2) is 60.1 Å². The van der Waals surface area contributed by atoms with Crippen LogP contribution in [-0.2, 0) is 33.2 Å². The molecule has 2 heterocycles. The van der Waals surface area contributed by atoms with Crippen molar-refractivity contribution in [3.05, 3.63) is 65.2 Å². The van der Waals surface area contributed by atoms with Crippen molar-refractivity contribution in [2.24, 2.45) is 27.6 Å². The zero-order valence-electron chi connectivity index (χ0n) is 24.3. The molecule has 2 atom stereocenters. The second kappa shape index (κ2) is 11.8. The van der Waals surface area contributed by atoms with Gasteiger partial charge in [-0.15, -0.1) is 0 Å². The number of nitrogens with zero attached hydrogens (tertiary/aromatic N) is 3. The Hall–Kier alpha value is -4.10. The lowest BCUT2D eigenvalue weighted by Gasteiger charge is -2.42. The van der Waals surface area contributed by atoms with E-state index < -0.39 is 64.4 Å². The monoisotopic (exact) mass is 626 g/mol. The quantitative estimate of drug-likeness (QED) is 0.400. The minimum Gasteiger partial charge on any atom is -0.494 e. The number of nitrogens with two attached hydrogens (primary N) is 1. The van der Waals surface area contributed by atoms with Crippen molar-refractivity contribution in [3.8, 4) is 5.75 Å². The minimum absolute atomic E-state index is 0.0175. The zero-order valence-corrected chi connectivity index (χ0v) is 24.3. The van der Waals surface area contributed by atoms with Crippen LogP contribution in [0.3, 0.4) is 0 Å². The molecular weight excluding hydrogens is 594 g/mol. The molecule has 2 aliphatic rings. The van der Waals surface area contributed by atoms with Crippen LogP contribution in [0.5, 0.6) is 5.75 Å². The van der Waals surface area contributed by atoms with Gasteiger partial charge in [0.15, 0.2) is 0 Å². The number of benzene rings is 2. The van der Waals surface area contributed by atoms with Gasteiger partial charge in [0.05, 0.1) is 34.8 Å². The SMILES string of the molecule is CN1N=C2CCN(C(=O)[C@H](CCOc3cc(C(F)(F)F)cc(C(F)(F)F)c3)C(C)(C)C(N)=O)C[C@@]2(Cc2ccccc2)C1=O. The molecule has 3 amide bonds. The largest absolute Gasteiger partial charge is 0.494 e. The molecule has 0 radical (unpaired) electrons. The molecular formula is C30H32F6N4O4. The van der Waals surface area contributed by atoms with Crippen LogP contribution in [0.4, 0.5) is 26.3 Å². The third-order valence-electron chi connectivity index (χ3n) is 8.31. The Morgan fingerprint density at radius 2 is 1.61 bits per heavy atom. The van der Waals surface area contributed by atoms with Gasteiger partial charge in [-0.1, -0.05) is 44.2 Å². The molecule has 14 heteroatoms. The maximum Gasteiger partial charge on any atom is 0.416 e. The molecule has 4 rings (SSSR count). The average Bonchev–Trinajstić information content (AvgIpc) is 3.18. The molecule has 238 valence electrons. The molecule has 0 saturated carbocycles. The van der Waals surface area contributed by atoms with Crippen molar-refractivity contribution in [1.29, 1.82) is 0 Å². The number of rotatable bonds is 9. The Morgan fingerprint density at radius 1 is 1.02 bits per heavy atom. The second-order valence-electron chi connectivity index (χ2n) is 11.6. The van der Waals surface area contributed by atoms with Crippen LogP contribution in [0.2, 0.25) is 0 Å². The fourth-order valence-electron chi connectivity index (χ4n) is 5.70. The van der Waals surface area contributed by atoms with E-state index in [0.29, 0.717) is 17.8 Å². The van der Waals surface area contributed by atoms with Gasteiger partial charge in [0.1, 0.15) is 11.2 Å².